The van der Waals surface area contributed by atoms with Crippen LogP contribution in [0.3, 0.4) is 0 Å². The Morgan fingerprint density at radius 3 is 2.43 bits per heavy atom. The van der Waals surface area contributed by atoms with Crippen LogP contribution in [0.1, 0.15) is 47.0 Å². The minimum Gasteiger partial charge on any atom is -0.320 e. The fourth-order valence-electron chi connectivity index (χ4n) is 4.31. The third-order valence-electron chi connectivity index (χ3n) is 6.07. The Morgan fingerprint density at radius 2 is 1.89 bits per heavy atom. The Bertz CT molecular complexity index is 835. The molecule has 2 aliphatic heterocycles. The summed E-state index contributed by atoms with van der Waals surface area (Å²) in [4.78, 5) is 15.3. The van der Waals surface area contributed by atoms with Gasteiger partial charge in [-0.2, -0.15) is 4.31 Å². The van der Waals surface area contributed by atoms with Gasteiger partial charge in [0.15, 0.2) is 0 Å². The number of piperidine rings is 1. The van der Waals surface area contributed by atoms with Crippen molar-refractivity contribution >= 4 is 27.5 Å². The van der Waals surface area contributed by atoms with E-state index in [-0.39, 0.29) is 28.8 Å². The van der Waals surface area contributed by atoms with E-state index in [1.807, 2.05) is 18.7 Å². The lowest BCUT2D eigenvalue weighted by Crippen LogP contribution is -2.61. The summed E-state index contributed by atoms with van der Waals surface area (Å²) in [6, 6.07) is 6.26. The summed E-state index contributed by atoms with van der Waals surface area (Å²) < 4.78 is 27.5. The molecule has 0 aromatic heterocycles. The van der Waals surface area contributed by atoms with E-state index in [9.17, 15) is 13.2 Å². The number of halogens is 1. The first kappa shape index (κ1) is 21.6. The number of rotatable bonds is 5. The van der Waals surface area contributed by atoms with E-state index in [0.717, 1.165) is 6.42 Å². The molecule has 1 aromatic rings. The number of hydrogen-bond acceptors (Lipinski definition) is 4. The zero-order valence-electron chi connectivity index (χ0n) is 17.0. The largest absolute Gasteiger partial charge is 0.320 e. The number of amides is 1. The highest BCUT2D eigenvalue weighted by atomic mass is 35.5. The van der Waals surface area contributed by atoms with Gasteiger partial charge in [-0.05, 0) is 50.3 Å². The summed E-state index contributed by atoms with van der Waals surface area (Å²) >= 11 is 5.98. The summed E-state index contributed by atoms with van der Waals surface area (Å²) in [6.07, 6.45) is 2.02. The van der Waals surface area contributed by atoms with Gasteiger partial charge in [-0.15, -0.1) is 0 Å². The van der Waals surface area contributed by atoms with Crippen molar-refractivity contribution in [3.05, 3.63) is 29.3 Å². The molecule has 0 bridgehead atoms. The number of carbonyl (C=O) groups excluding carboxylic acids is 1. The average molecular weight is 428 g/mol. The van der Waals surface area contributed by atoms with Crippen molar-refractivity contribution in [1.29, 1.82) is 0 Å². The van der Waals surface area contributed by atoms with Crippen LogP contribution in [0.4, 0.5) is 0 Å². The molecular weight excluding hydrogens is 398 g/mol. The third kappa shape index (κ3) is 3.70. The summed E-state index contributed by atoms with van der Waals surface area (Å²) in [7, 11) is -3.60. The second-order valence-corrected chi connectivity index (χ2v) is 10.6. The minimum atomic E-state index is -3.60. The van der Waals surface area contributed by atoms with Crippen molar-refractivity contribution in [2.45, 2.75) is 69.6 Å². The molecule has 156 valence electrons. The molecule has 8 heteroatoms. The van der Waals surface area contributed by atoms with Crippen LogP contribution in [0.5, 0.6) is 0 Å². The van der Waals surface area contributed by atoms with Gasteiger partial charge in [-0.25, -0.2) is 8.42 Å². The Balaban J connectivity index is 1.83. The Hall–Kier alpha value is -1.15. The van der Waals surface area contributed by atoms with Gasteiger partial charge in [0.1, 0.15) is 0 Å². The van der Waals surface area contributed by atoms with Crippen molar-refractivity contribution in [2.24, 2.45) is 5.92 Å². The quantitative estimate of drug-likeness (QED) is 0.783. The fourth-order valence-corrected chi connectivity index (χ4v) is 6.06. The standard InChI is InChI=1S/C20H30ClN3O3S/c1-5-15(4)24-19(25)18(14(2)3)22-20(24)9-11-23(12-10-20)28(26,27)17-8-6-7-16(21)13-17/h6-8,13-15,18,22H,5,9-12H2,1-4H3/t15-,18+/m1/s1. The first-order valence-corrected chi connectivity index (χ1v) is 11.8. The molecule has 2 saturated heterocycles. The van der Waals surface area contributed by atoms with E-state index in [0.29, 0.717) is 31.0 Å². The normalized spacial score (nSPS) is 24.3. The molecule has 0 saturated carbocycles. The molecule has 1 spiro atoms. The van der Waals surface area contributed by atoms with Crippen LogP contribution < -0.4 is 5.32 Å². The van der Waals surface area contributed by atoms with Gasteiger partial charge in [0.05, 0.1) is 16.6 Å². The monoisotopic (exact) mass is 427 g/mol. The van der Waals surface area contributed by atoms with Crippen LogP contribution in [-0.4, -0.2) is 54.4 Å². The van der Waals surface area contributed by atoms with E-state index in [1.165, 1.54) is 10.4 Å². The van der Waals surface area contributed by atoms with Gasteiger partial charge < -0.3 is 4.90 Å². The van der Waals surface area contributed by atoms with Crippen molar-refractivity contribution in [1.82, 2.24) is 14.5 Å². The number of nitrogens with one attached hydrogen (secondary N) is 1. The molecule has 2 heterocycles. The third-order valence-corrected chi connectivity index (χ3v) is 8.20. The van der Waals surface area contributed by atoms with Gasteiger partial charge in [0.25, 0.3) is 0 Å². The first-order chi connectivity index (χ1) is 13.1. The minimum absolute atomic E-state index is 0.111. The summed E-state index contributed by atoms with van der Waals surface area (Å²) in [6.45, 7) is 8.97. The highest BCUT2D eigenvalue weighted by Gasteiger charge is 2.54. The van der Waals surface area contributed by atoms with E-state index >= 15 is 0 Å². The van der Waals surface area contributed by atoms with Gasteiger partial charge in [0, 0.05) is 24.2 Å². The lowest BCUT2D eigenvalue weighted by Gasteiger charge is -2.46. The number of hydrogen-bond donors (Lipinski definition) is 1. The molecule has 1 aromatic carbocycles. The molecule has 1 N–H and O–H groups in total. The van der Waals surface area contributed by atoms with Crippen molar-refractivity contribution < 1.29 is 13.2 Å². The summed E-state index contributed by atoms with van der Waals surface area (Å²) in [5.41, 5.74) is -0.470. The first-order valence-electron chi connectivity index (χ1n) is 9.99. The molecule has 0 radical (unpaired) electrons. The van der Waals surface area contributed by atoms with E-state index < -0.39 is 15.7 Å². The predicted molar refractivity (Wildman–Crippen MR) is 111 cm³/mol. The van der Waals surface area contributed by atoms with Gasteiger partial charge in [-0.3, -0.25) is 10.1 Å². The molecule has 1 amide bonds. The molecule has 2 fully saturated rings. The fraction of sp³-hybridized carbons (Fsp3) is 0.650. The lowest BCUT2D eigenvalue weighted by atomic mass is 9.95. The zero-order valence-corrected chi connectivity index (χ0v) is 18.6. The Labute approximate surface area is 173 Å². The number of sulfonamides is 1. The van der Waals surface area contributed by atoms with Crippen molar-refractivity contribution in [3.63, 3.8) is 0 Å². The van der Waals surface area contributed by atoms with E-state index in [4.69, 9.17) is 11.6 Å². The lowest BCUT2D eigenvalue weighted by molar-refractivity contribution is -0.136. The highest BCUT2D eigenvalue weighted by Crippen LogP contribution is 2.37. The zero-order chi connectivity index (χ0) is 20.7. The van der Waals surface area contributed by atoms with Crippen molar-refractivity contribution in [2.75, 3.05) is 13.1 Å². The van der Waals surface area contributed by atoms with Crippen LogP contribution in [0.2, 0.25) is 5.02 Å². The predicted octanol–water partition coefficient (Wildman–Crippen LogP) is 3.08. The van der Waals surface area contributed by atoms with E-state index in [2.05, 4.69) is 19.2 Å². The molecule has 28 heavy (non-hydrogen) atoms. The molecule has 3 rings (SSSR count). The molecular formula is C20H30ClN3O3S. The second-order valence-electron chi connectivity index (χ2n) is 8.22. The Kier molecular flexibility index (Phi) is 6.11. The van der Waals surface area contributed by atoms with Gasteiger partial charge >= 0.3 is 0 Å². The highest BCUT2D eigenvalue weighted by molar-refractivity contribution is 7.89. The maximum atomic E-state index is 13.1. The number of nitrogens with zero attached hydrogens (tertiary/aromatic N) is 2. The maximum absolute atomic E-state index is 13.1. The number of benzene rings is 1. The van der Waals surface area contributed by atoms with Crippen LogP contribution >= 0.6 is 11.6 Å². The van der Waals surface area contributed by atoms with Crippen LogP contribution in [0, 0.1) is 5.92 Å². The smallest absolute Gasteiger partial charge is 0.243 e. The molecule has 6 nitrogen and oxygen atoms in total. The summed E-state index contributed by atoms with van der Waals surface area (Å²) in [5.74, 6) is 0.321. The van der Waals surface area contributed by atoms with Crippen molar-refractivity contribution in [3.8, 4) is 0 Å². The van der Waals surface area contributed by atoms with Gasteiger partial charge in [0.2, 0.25) is 15.9 Å². The van der Waals surface area contributed by atoms with Crippen LogP contribution in [-0.2, 0) is 14.8 Å². The maximum Gasteiger partial charge on any atom is 0.243 e. The molecule has 2 aliphatic rings. The summed E-state index contributed by atoms with van der Waals surface area (Å²) in [5, 5.41) is 3.98. The van der Waals surface area contributed by atoms with E-state index in [1.54, 1.807) is 18.2 Å². The van der Waals surface area contributed by atoms with Gasteiger partial charge in [-0.1, -0.05) is 38.4 Å². The van der Waals surface area contributed by atoms with Crippen LogP contribution in [0.15, 0.2) is 29.2 Å². The Morgan fingerprint density at radius 1 is 1.25 bits per heavy atom. The average Bonchev–Trinajstić information content (AvgIpc) is 2.93. The number of carbonyl (C=O) groups is 1. The molecule has 2 atom stereocenters. The molecule has 0 unspecified atom stereocenters. The van der Waals surface area contributed by atoms with Crippen LogP contribution in [0.25, 0.3) is 0 Å². The molecule has 0 aliphatic carbocycles. The SMILES string of the molecule is CC[C@@H](C)N1C(=O)[C@H](C(C)C)NC12CCN(S(=O)(=O)c1cccc(Cl)c1)CC2. The second kappa shape index (κ2) is 7.94. The topological polar surface area (TPSA) is 69.7 Å².